The van der Waals surface area contributed by atoms with Gasteiger partial charge in [-0.05, 0) is 31.5 Å². The Balaban J connectivity index is 1.82. The van der Waals surface area contributed by atoms with Crippen LogP contribution in [-0.4, -0.2) is 28.7 Å². The maximum Gasteiger partial charge on any atom is 0.244 e. The predicted octanol–water partition coefficient (Wildman–Crippen LogP) is 1.60. The second-order valence-electron chi connectivity index (χ2n) is 4.29. The Morgan fingerprint density at radius 2 is 2.39 bits per heavy atom. The Kier molecular flexibility index (Phi) is 2.93. The fourth-order valence-electron chi connectivity index (χ4n) is 2.06. The first-order valence-electron chi connectivity index (χ1n) is 6.08. The third kappa shape index (κ3) is 2.06. The highest BCUT2D eigenvalue weighted by molar-refractivity contribution is 5.55. The van der Waals surface area contributed by atoms with Crippen molar-refractivity contribution in [2.75, 3.05) is 18.9 Å². The van der Waals surface area contributed by atoms with Crippen molar-refractivity contribution in [3.63, 3.8) is 0 Å². The quantitative estimate of drug-likeness (QED) is 0.855. The molecule has 0 saturated carbocycles. The Labute approximate surface area is 105 Å². The van der Waals surface area contributed by atoms with Gasteiger partial charge in [0.05, 0.1) is 6.04 Å². The highest BCUT2D eigenvalue weighted by atomic mass is 16.5. The second-order valence-corrected chi connectivity index (χ2v) is 4.29. The van der Waals surface area contributed by atoms with Crippen LogP contribution in [0.4, 0.5) is 5.82 Å². The Hall–Kier alpha value is -1.95. The molecule has 2 aromatic rings. The summed E-state index contributed by atoms with van der Waals surface area (Å²) in [4.78, 5) is 8.65. The first-order chi connectivity index (χ1) is 8.86. The normalized spacial score (nSPS) is 19.1. The molecule has 2 N–H and O–H groups in total. The third-order valence-electron chi connectivity index (χ3n) is 3.08. The van der Waals surface area contributed by atoms with Crippen LogP contribution in [-0.2, 0) is 0 Å². The molecule has 1 aliphatic heterocycles. The average molecular weight is 245 g/mol. The summed E-state index contributed by atoms with van der Waals surface area (Å²) in [6, 6.07) is 4.02. The first kappa shape index (κ1) is 11.2. The van der Waals surface area contributed by atoms with Gasteiger partial charge in [0.25, 0.3) is 0 Å². The van der Waals surface area contributed by atoms with Crippen molar-refractivity contribution in [2.45, 2.75) is 18.9 Å². The van der Waals surface area contributed by atoms with Gasteiger partial charge in [-0.2, -0.15) is 4.98 Å². The van der Waals surface area contributed by atoms with E-state index >= 15 is 0 Å². The van der Waals surface area contributed by atoms with Gasteiger partial charge in [0.1, 0.15) is 5.82 Å². The number of nitrogens with one attached hydrogen (secondary N) is 2. The number of aromatic nitrogens is 3. The molecule has 1 atom stereocenters. The van der Waals surface area contributed by atoms with E-state index in [0.29, 0.717) is 11.7 Å². The fraction of sp³-hybridized carbons (Fsp3) is 0.417. The predicted molar refractivity (Wildman–Crippen MR) is 67.1 cm³/mol. The van der Waals surface area contributed by atoms with Gasteiger partial charge in [-0.1, -0.05) is 5.16 Å². The van der Waals surface area contributed by atoms with Crippen LogP contribution in [0.2, 0.25) is 0 Å². The van der Waals surface area contributed by atoms with Crippen molar-refractivity contribution in [2.24, 2.45) is 0 Å². The van der Waals surface area contributed by atoms with Crippen molar-refractivity contribution >= 4 is 5.82 Å². The number of rotatable bonds is 3. The topological polar surface area (TPSA) is 75.9 Å². The standard InChI is InChI=1S/C12H15N5O/c1-13-10-5-4-8(7-15-10)11-16-12(18-17-11)9-3-2-6-14-9/h4-5,7,9,14H,2-3,6H2,1H3,(H,13,15)/t9-/m1/s1. The molecule has 3 heterocycles. The lowest BCUT2D eigenvalue weighted by molar-refractivity contribution is 0.345. The summed E-state index contributed by atoms with van der Waals surface area (Å²) in [5, 5.41) is 10.3. The van der Waals surface area contributed by atoms with Crippen LogP contribution in [0.15, 0.2) is 22.9 Å². The van der Waals surface area contributed by atoms with Crippen LogP contribution in [0.25, 0.3) is 11.4 Å². The van der Waals surface area contributed by atoms with E-state index in [1.807, 2.05) is 19.2 Å². The lowest BCUT2D eigenvalue weighted by Crippen LogP contribution is -2.12. The van der Waals surface area contributed by atoms with E-state index in [2.05, 4.69) is 25.8 Å². The number of hydrogen-bond acceptors (Lipinski definition) is 6. The molecule has 1 aliphatic rings. The lowest BCUT2D eigenvalue weighted by atomic mass is 10.2. The van der Waals surface area contributed by atoms with Gasteiger partial charge in [0, 0.05) is 18.8 Å². The zero-order valence-corrected chi connectivity index (χ0v) is 10.2. The van der Waals surface area contributed by atoms with Crippen LogP contribution >= 0.6 is 0 Å². The largest absolute Gasteiger partial charge is 0.373 e. The summed E-state index contributed by atoms with van der Waals surface area (Å²) in [5.41, 5.74) is 0.863. The van der Waals surface area contributed by atoms with Gasteiger partial charge < -0.3 is 15.2 Å². The molecule has 0 amide bonds. The van der Waals surface area contributed by atoms with Gasteiger partial charge in [0.15, 0.2) is 0 Å². The third-order valence-corrected chi connectivity index (χ3v) is 3.08. The molecule has 0 unspecified atom stereocenters. The molecular weight excluding hydrogens is 230 g/mol. The molecule has 0 bridgehead atoms. The zero-order chi connectivity index (χ0) is 12.4. The van der Waals surface area contributed by atoms with Crippen molar-refractivity contribution in [1.29, 1.82) is 0 Å². The molecule has 18 heavy (non-hydrogen) atoms. The Morgan fingerprint density at radius 3 is 3.06 bits per heavy atom. The van der Waals surface area contributed by atoms with Gasteiger partial charge in [-0.3, -0.25) is 0 Å². The lowest BCUT2D eigenvalue weighted by Gasteiger charge is -2.01. The van der Waals surface area contributed by atoms with Crippen LogP contribution in [0.1, 0.15) is 24.8 Å². The van der Waals surface area contributed by atoms with Crippen molar-refractivity contribution in [3.8, 4) is 11.4 Å². The van der Waals surface area contributed by atoms with Crippen LogP contribution < -0.4 is 10.6 Å². The monoisotopic (exact) mass is 245 g/mol. The number of nitrogens with zero attached hydrogens (tertiary/aromatic N) is 3. The van der Waals surface area contributed by atoms with Crippen molar-refractivity contribution in [3.05, 3.63) is 24.2 Å². The minimum Gasteiger partial charge on any atom is -0.373 e. The molecule has 0 aliphatic carbocycles. The van der Waals surface area contributed by atoms with Crippen molar-refractivity contribution in [1.82, 2.24) is 20.4 Å². The van der Waals surface area contributed by atoms with Crippen LogP contribution in [0.5, 0.6) is 0 Å². The fourth-order valence-corrected chi connectivity index (χ4v) is 2.06. The van der Waals surface area contributed by atoms with E-state index in [-0.39, 0.29) is 6.04 Å². The summed E-state index contributed by atoms with van der Waals surface area (Å²) >= 11 is 0. The highest BCUT2D eigenvalue weighted by Gasteiger charge is 2.22. The van der Waals surface area contributed by atoms with E-state index in [1.54, 1.807) is 6.20 Å². The molecule has 6 nitrogen and oxygen atoms in total. The van der Waals surface area contributed by atoms with Gasteiger partial charge in [0.2, 0.25) is 11.7 Å². The van der Waals surface area contributed by atoms with Gasteiger partial charge >= 0.3 is 0 Å². The highest BCUT2D eigenvalue weighted by Crippen LogP contribution is 2.24. The molecule has 0 spiro atoms. The molecule has 1 fully saturated rings. The number of hydrogen-bond donors (Lipinski definition) is 2. The molecule has 1 saturated heterocycles. The van der Waals surface area contributed by atoms with Crippen LogP contribution in [0.3, 0.4) is 0 Å². The van der Waals surface area contributed by atoms with E-state index < -0.39 is 0 Å². The SMILES string of the molecule is CNc1ccc(-c2noc([C@H]3CCCN3)n2)cn1. The van der Waals surface area contributed by atoms with E-state index in [1.165, 1.54) is 0 Å². The Morgan fingerprint density at radius 1 is 1.44 bits per heavy atom. The molecular formula is C12H15N5O. The minimum atomic E-state index is 0.204. The average Bonchev–Trinajstić information content (AvgIpc) is 3.09. The molecule has 0 aromatic carbocycles. The van der Waals surface area contributed by atoms with Crippen molar-refractivity contribution < 1.29 is 4.52 Å². The Bertz CT molecular complexity index is 516. The zero-order valence-electron chi connectivity index (χ0n) is 10.2. The molecule has 0 radical (unpaired) electrons. The molecule has 3 rings (SSSR count). The summed E-state index contributed by atoms with van der Waals surface area (Å²) < 4.78 is 5.29. The van der Waals surface area contributed by atoms with Gasteiger partial charge in [-0.15, -0.1) is 0 Å². The van der Waals surface area contributed by atoms with E-state index in [9.17, 15) is 0 Å². The summed E-state index contributed by atoms with van der Waals surface area (Å²) in [6.07, 6.45) is 3.95. The van der Waals surface area contributed by atoms with E-state index in [0.717, 1.165) is 30.8 Å². The smallest absolute Gasteiger partial charge is 0.244 e. The van der Waals surface area contributed by atoms with Crippen LogP contribution in [0, 0.1) is 0 Å². The molecule has 2 aromatic heterocycles. The number of pyridine rings is 1. The maximum atomic E-state index is 5.29. The summed E-state index contributed by atoms with van der Waals surface area (Å²) in [7, 11) is 1.83. The number of anilines is 1. The maximum absolute atomic E-state index is 5.29. The molecule has 94 valence electrons. The summed E-state index contributed by atoms with van der Waals surface area (Å²) in [6.45, 7) is 1.01. The first-order valence-corrected chi connectivity index (χ1v) is 6.08. The second kappa shape index (κ2) is 4.73. The summed E-state index contributed by atoms with van der Waals surface area (Å²) in [5.74, 6) is 2.08. The minimum absolute atomic E-state index is 0.204. The van der Waals surface area contributed by atoms with Gasteiger partial charge in [-0.25, -0.2) is 4.98 Å². The molecule has 6 heteroatoms. The van der Waals surface area contributed by atoms with E-state index in [4.69, 9.17) is 4.52 Å².